The van der Waals surface area contributed by atoms with E-state index in [4.69, 9.17) is 4.74 Å². The molecular formula is C15H15NO. The van der Waals surface area contributed by atoms with Crippen molar-refractivity contribution < 1.29 is 4.74 Å². The van der Waals surface area contributed by atoms with Gasteiger partial charge in [0.1, 0.15) is 5.75 Å². The Morgan fingerprint density at radius 3 is 2.76 bits per heavy atom. The van der Waals surface area contributed by atoms with Gasteiger partial charge < -0.3 is 10.1 Å². The molecule has 2 aromatic rings. The number of aryl methyl sites for hydroxylation is 1. The number of benzene rings is 2. The van der Waals surface area contributed by atoms with Crippen LogP contribution in [0.5, 0.6) is 11.5 Å². The van der Waals surface area contributed by atoms with E-state index in [2.05, 4.69) is 37.4 Å². The topological polar surface area (TPSA) is 21.3 Å². The van der Waals surface area contributed by atoms with Crippen LogP contribution in [0.4, 0.5) is 5.69 Å². The molecule has 0 radical (unpaired) electrons. The van der Waals surface area contributed by atoms with E-state index >= 15 is 0 Å². The van der Waals surface area contributed by atoms with Crippen molar-refractivity contribution in [1.29, 1.82) is 0 Å². The van der Waals surface area contributed by atoms with Crippen molar-refractivity contribution in [1.82, 2.24) is 0 Å². The van der Waals surface area contributed by atoms with Crippen molar-refractivity contribution in [3.63, 3.8) is 0 Å². The molecule has 0 spiro atoms. The lowest BCUT2D eigenvalue weighted by Crippen LogP contribution is -2.04. The molecule has 1 unspecified atom stereocenters. The summed E-state index contributed by atoms with van der Waals surface area (Å²) < 4.78 is 5.97. The second kappa shape index (κ2) is 3.81. The van der Waals surface area contributed by atoms with Gasteiger partial charge in [0.15, 0.2) is 5.75 Å². The van der Waals surface area contributed by atoms with Crippen LogP contribution in [0.2, 0.25) is 0 Å². The molecule has 0 fully saturated rings. The maximum absolute atomic E-state index is 5.97. The van der Waals surface area contributed by atoms with Crippen LogP contribution < -0.4 is 10.1 Å². The normalized spacial score (nSPS) is 17.2. The number of ether oxygens (including phenoxy) is 1. The maximum atomic E-state index is 5.97. The van der Waals surface area contributed by atoms with Gasteiger partial charge in [-0.25, -0.2) is 0 Å². The highest BCUT2D eigenvalue weighted by molar-refractivity contribution is 5.63. The Hall–Kier alpha value is -1.96. The van der Waals surface area contributed by atoms with E-state index in [0.29, 0.717) is 0 Å². The first-order valence-corrected chi connectivity index (χ1v) is 5.88. The van der Waals surface area contributed by atoms with Crippen molar-refractivity contribution in [2.45, 2.75) is 19.9 Å². The lowest BCUT2D eigenvalue weighted by molar-refractivity contribution is 0.482. The molecule has 86 valence electrons. The first kappa shape index (κ1) is 10.2. The largest absolute Gasteiger partial charge is 0.455 e. The molecule has 1 atom stereocenters. The number of fused-ring (bicyclic) bond motifs is 2. The summed E-state index contributed by atoms with van der Waals surface area (Å²) in [6.45, 7) is 4.24. The highest BCUT2D eigenvalue weighted by Gasteiger charge is 2.18. The summed E-state index contributed by atoms with van der Waals surface area (Å²) in [5, 5.41) is 3.49. The van der Waals surface area contributed by atoms with Crippen molar-refractivity contribution >= 4 is 5.69 Å². The standard InChI is InChI=1S/C15H15NO/c1-10-7-8-15-13(9-10)16-11(2)12-5-3-4-6-14(12)17-15/h3-9,11,16H,1-2H3. The van der Waals surface area contributed by atoms with E-state index in [9.17, 15) is 0 Å². The molecule has 0 amide bonds. The molecule has 3 rings (SSSR count). The van der Waals surface area contributed by atoms with E-state index in [1.165, 1.54) is 11.1 Å². The Morgan fingerprint density at radius 2 is 1.88 bits per heavy atom. The minimum Gasteiger partial charge on any atom is -0.455 e. The van der Waals surface area contributed by atoms with Gasteiger partial charge in [0.2, 0.25) is 0 Å². The minimum absolute atomic E-state index is 0.259. The smallest absolute Gasteiger partial charge is 0.150 e. The van der Waals surface area contributed by atoms with E-state index < -0.39 is 0 Å². The molecular weight excluding hydrogens is 210 g/mol. The molecule has 2 aromatic carbocycles. The van der Waals surface area contributed by atoms with Crippen molar-refractivity contribution in [3.05, 3.63) is 53.6 Å². The SMILES string of the molecule is Cc1ccc2c(c1)NC(C)c1ccccc1O2. The van der Waals surface area contributed by atoms with Gasteiger partial charge in [-0.1, -0.05) is 24.3 Å². The first-order valence-electron chi connectivity index (χ1n) is 5.88. The summed E-state index contributed by atoms with van der Waals surface area (Å²) >= 11 is 0. The molecule has 0 saturated heterocycles. The molecule has 1 aliphatic rings. The minimum atomic E-state index is 0.259. The molecule has 1 heterocycles. The van der Waals surface area contributed by atoms with Crippen molar-refractivity contribution in [3.8, 4) is 11.5 Å². The summed E-state index contributed by atoms with van der Waals surface area (Å²) in [5.41, 5.74) is 3.49. The Balaban J connectivity index is 2.13. The highest BCUT2D eigenvalue weighted by Crippen LogP contribution is 2.39. The average molecular weight is 225 g/mol. The number of hydrogen-bond donors (Lipinski definition) is 1. The number of nitrogens with one attached hydrogen (secondary N) is 1. The summed E-state index contributed by atoms with van der Waals surface area (Å²) in [4.78, 5) is 0. The summed E-state index contributed by atoms with van der Waals surface area (Å²) in [7, 11) is 0. The number of anilines is 1. The monoisotopic (exact) mass is 225 g/mol. The fourth-order valence-electron chi connectivity index (χ4n) is 2.21. The van der Waals surface area contributed by atoms with Crippen LogP contribution in [0.25, 0.3) is 0 Å². The second-order valence-electron chi connectivity index (χ2n) is 4.51. The second-order valence-corrected chi connectivity index (χ2v) is 4.51. The van der Waals surface area contributed by atoms with E-state index in [1.54, 1.807) is 0 Å². The van der Waals surface area contributed by atoms with Gasteiger partial charge in [0, 0.05) is 5.56 Å². The zero-order valence-electron chi connectivity index (χ0n) is 10.0. The molecule has 0 aromatic heterocycles. The lowest BCUT2D eigenvalue weighted by Gasteiger charge is -2.13. The molecule has 2 heteroatoms. The highest BCUT2D eigenvalue weighted by atomic mass is 16.5. The van der Waals surface area contributed by atoms with E-state index in [1.807, 2.05) is 24.3 Å². The van der Waals surface area contributed by atoms with E-state index in [-0.39, 0.29) is 6.04 Å². The van der Waals surface area contributed by atoms with Gasteiger partial charge in [-0.15, -0.1) is 0 Å². The van der Waals surface area contributed by atoms with Gasteiger partial charge in [-0.2, -0.15) is 0 Å². The molecule has 1 N–H and O–H groups in total. The number of para-hydroxylation sites is 1. The molecule has 0 bridgehead atoms. The van der Waals surface area contributed by atoms with Crippen LogP contribution in [0.15, 0.2) is 42.5 Å². The van der Waals surface area contributed by atoms with Gasteiger partial charge in [-0.05, 0) is 37.6 Å². The van der Waals surface area contributed by atoms with Crippen LogP contribution >= 0.6 is 0 Å². The van der Waals surface area contributed by atoms with Gasteiger partial charge in [0.05, 0.1) is 11.7 Å². The zero-order valence-corrected chi connectivity index (χ0v) is 10.0. The van der Waals surface area contributed by atoms with E-state index in [0.717, 1.165) is 17.2 Å². The Kier molecular flexibility index (Phi) is 2.29. The predicted molar refractivity (Wildman–Crippen MR) is 69.7 cm³/mol. The Morgan fingerprint density at radius 1 is 1.06 bits per heavy atom. The summed E-state index contributed by atoms with van der Waals surface area (Å²) in [5.74, 6) is 1.84. The average Bonchev–Trinajstić information content (AvgIpc) is 2.46. The van der Waals surface area contributed by atoms with Crippen LogP contribution in [-0.4, -0.2) is 0 Å². The van der Waals surface area contributed by atoms with Crippen molar-refractivity contribution in [2.75, 3.05) is 5.32 Å². The number of rotatable bonds is 0. The zero-order chi connectivity index (χ0) is 11.8. The Labute approximate surface area is 101 Å². The molecule has 0 aliphatic carbocycles. The lowest BCUT2D eigenvalue weighted by atomic mass is 10.1. The van der Waals surface area contributed by atoms with Crippen molar-refractivity contribution in [2.24, 2.45) is 0 Å². The molecule has 2 nitrogen and oxygen atoms in total. The third kappa shape index (κ3) is 1.76. The fraction of sp³-hybridized carbons (Fsp3) is 0.200. The quantitative estimate of drug-likeness (QED) is 0.722. The van der Waals surface area contributed by atoms with Crippen LogP contribution in [0.3, 0.4) is 0 Å². The fourth-order valence-corrected chi connectivity index (χ4v) is 2.21. The van der Waals surface area contributed by atoms with Gasteiger partial charge >= 0.3 is 0 Å². The summed E-state index contributed by atoms with van der Waals surface area (Å²) in [6, 6.07) is 14.6. The van der Waals surface area contributed by atoms with Crippen LogP contribution in [0, 0.1) is 6.92 Å². The predicted octanol–water partition coefficient (Wildman–Crippen LogP) is 4.27. The molecule has 0 saturated carbocycles. The third-order valence-corrected chi connectivity index (χ3v) is 3.11. The molecule has 1 aliphatic heterocycles. The van der Waals surface area contributed by atoms with Gasteiger partial charge in [0.25, 0.3) is 0 Å². The number of hydrogen-bond acceptors (Lipinski definition) is 2. The molecule has 17 heavy (non-hydrogen) atoms. The van der Waals surface area contributed by atoms with Gasteiger partial charge in [-0.3, -0.25) is 0 Å². The third-order valence-electron chi connectivity index (χ3n) is 3.11. The van der Waals surface area contributed by atoms with Crippen LogP contribution in [-0.2, 0) is 0 Å². The maximum Gasteiger partial charge on any atom is 0.150 e. The summed E-state index contributed by atoms with van der Waals surface area (Å²) in [6.07, 6.45) is 0. The first-order chi connectivity index (χ1) is 8.24. The Bertz CT molecular complexity index is 563. The van der Waals surface area contributed by atoms with Crippen LogP contribution in [0.1, 0.15) is 24.1 Å².